The maximum Gasteiger partial charge on any atom is 0.343 e. The van der Waals surface area contributed by atoms with Gasteiger partial charge in [-0.15, -0.1) is 0 Å². The number of hydrazone groups is 1. The molecule has 2 N–H and O–H groups in total. The minimum atomic E-state index is -0.551. The fourth-order valence-corrected chi connectivity index (χ4v) is 3.48. The second-order valence-electron chi connectivity index (χ2n) is 7.67. The van der Waals surface area contributed by atoms with Crippen molar-refractivity contribution in [3.8, 4) is 23.0 Å². The highest BCUT2D eigenvalue weighted by Crippen LogP contribution is 2.29. The number of ether oxygens (including phenoxy) is 3. The van der Waals surface area contributed by atoms with Crippen LogP contribution < -0.4 is 19.6 Å². The van der Waals surface area contributed by atoms with Crippen LogP contribution in [-0.2, 0) is 0 Å². The van der Waals surface area contributed by atoms with E-state index in [2.05, 4.69) is 10.5 Å². The molecule has 4 aromatic carbocycles. The van der Waals surface area contributed by atoms with Gasteiger partial charge in [0.25, 0.3) is 5.91 Å². The van der Waals surface area contributed by atoms with E-state index in [1.165, 1.54) is 12.3 Å². The first-order valence-corrected chi connectivity index (χ1v) is 11.2. The smallest absolute Gasteiger partial charge is 0.343 e. The Morgan fingerprint density at radius 3 is 2.36 bits per heavy atom. The number of fused-ring (bicyclic) bond motifs is 1. The first-order valence-electron chi connectivity index (χ1n) is 11.2. The van der Waals surface area contributed by atoms with Crippen molar-refractivity contribution in [1.82, 2.24) is 5.43 Å². The van der Waals surface area contributed by atoms with Crippen molar-refractivity contribution in [2.75, 3.05) is 13.7 Å². The molecule has 0 saturated carbocycles. The van der Waals surface area contributed by atoms with Crippen molar-refractivity contribution in [2.45, 2.75) is 6.92 Å². The summed E-state index contributed by atoms with van der Waals surface area (Å²) < 4.78 is 16.2. The van der Waals surface area contributed by atoms with Crippen LogP contribution in [0.2, 0.25) is 0 Å². The van der Waals surface area contributed by atoms with Crippen molar-refractivity contribution in [2.24, 2.45) is 5.10 Å². The third-order valence-corrected chi connectivity index (χ3v) is 5.28. The summed E-state index contributed by atoms with van der Waals surface area (Å²) in [6, 6.07) is 22.0. The lowest BCUT2D eigenvalue weighted by atomic mass is 10.1. The van der Waals surface area contributed by atoms with Crippen molar-refractivity contribution < 1.29 is 28.9 Å². The summed E-state index contributed by atoms with van der Waals surface area (Å²) in [6.07, 6.45) is 1.42. The predicted octanol–water partition coefficient (Wildman–Crippen LogP) is 4.94. The van der Waals surface area contributed by atoms with E-state index in [1.807, 2.05) is 31.2 Å². The molecular weight excluding hydrogens is 460 g/mol. The van der Waals surface area contributed by atoms with Crippen LogP contribution in [0.3, 0.4) is 0 Å². The molecule has 4 aromatic rings. The Kier molecular flexibility index (Phi) is 7.45. The summed E-state index contributed by atoms with van der Waals surface area (Å²) in [7, 11) is 1.55. The highest BCUT2D eigenvalue weighted by atomic mass is 16.6. The fourth-order valence-electron chi connectivity index (χ4n) is 3.48. The molecule has 8 nitrogen and oxygen atoms in total. The summed E-state index contributed by atoms with van der Waals surface area (Å²) in [5.41, 5.74) is 3.50. The number of hydrogen-bond acceptors (Lipinski definition) is 7. The summed E-state index contributed by atoms with van der Waals surface area (Å²) in [5.74, 6) is 0.00461. The van der Waals surface area contributed by atoms with Gasteiger partial charge in [0.2, 0.25) is 0 Å². The molecule has 4 rings (SSSR count). The van der Waals surface area contributed by atoms with Gasteiger partial charge in [-0.3, -0.25) is 4.79 Å². The van der Waals surface area contributed by atoms with Crippen LogP contribution in [0.15, 0.2) is 84.0 Å². The predicted molar refractivity (Wildman–Crippen MR) is 136 cm³/mol. The third-order valence-electron chi connectivity index (χ3n) is 5.28. The second-order valence-corrected chi connectivity index (χ2v) is 7.67. The number of esters is 1. The number of phenols is 1. The van der Waals surface area contributed by atoms with Gasteiger partial charge in [0.15, 0.2) is 11.5 Å². The van der Waals surface area contributed by atoms with Gasteiger partial charge in [0.05, 0.1) is 31.1 Å². The van der Waals surface area contributed by atoms with Crippen LogP contribution in [0, 0.1) is 0 Å². The SMILES string of the molecule is CCOc1cc(C=NNC(=O)c2cc3ccccc3cc2O)ccc1OC(=O)c1ccc(OC)cc1. The molecule has 0 bridgehead atoms. The molecular formula is C28H24N2O6. The molecule has 0 saturated heterocycles. The van der Waals surface area contributed by atoms with Gasteiger partial charge >= 0.3 is 5.97 Å². The summed E-state index contributed by atoms with van der Waals surface area (Å²) >= 11 is 0. The lowest BCUT2D eigenvalue weighted by molar-refractivity contribution is 0.0728. The van der Waals surface area contributed by atoms with E-state index in [9.17, 15) is 14.7 Å². The number of carbonyl (C=O) groups excluding carboxylic acids is 2. The van der Waals surface area contributed by atoms with Crippen molar-refractivity contribution in [1.29, 1.82) is 0 Å². The number of nitrogens with zero attached hydrogens (tertiary/aromatic N) is 1. The zero-order chi connectivity index (χ0) is 25.5. The van der Waals surface area contributed by atoms with E-state index in [-0.39, 0.29) is 17.1 Å². The van der Waals surface area contributed by atoms with E-state index >= 15 is 0 Å². The number of methoxy groups -OCH3 is 1. The standard InChI is InChI=1S/C28H24N2O6/c1-3-35-26-14-18(8-13-25(26)36-28(33)19-9-11-22(34-2)12-10-19)17-29-30-27(32)23-15-20-6-4-5-7-21(20)16-24(23)31/h4-17,31H,3H2,1-2H3,(H,30,32). The highest BCUT2D eigenvalue weighted by Gasteiger charge is 2.14. The van der Waals surface area contributed by atoms with E-state index in [0.717, 1.165) is 10.8 Å². The van der Waals surface area contributed by atoms with Gasteiger partial charge < -0.3 is 19.3 Å². The zero-order valence-corrected chi connectivity index (χ0v) is 19.7. The molecule has 0 aliphatic carbocycles. The molecule has 0 aromatic heterocycles. The number of nitrogens with one attached hydrogen (secondary N) is 1. The van der Waals surface area contributed by atoms with Gasteiger partial charge in [-0.05, 0) is 77.9 Å². The summed E-state index contributed by atoms with van der Waals surface area (Å²) in [5, 5.41) is 15.9. The second kappa shape index (κ2) is 11.1. The zero-order valence-electron chi connectivity index (χ0n) is 19.7. The molecule has 0 spiro atoms. The number of phenolic OH excluding ortho intramolecular Hbond substituents is 1. The van der Waals surface area contributed by atoms with Crippen LogP contribution in [0.4, 0.5) is 0 Å². The number of amides is 1. The van der Waals surface area contributed by atoms with Crippen LogP contribution in [0.1, 0.15) is 33.2 Å². The lowest BCUT2D eigenvalue weighted by Crippen LogP contribution is -2.17. The molecule has 0 unspecified atom stereocenters. The van der Waals surface area contributed by atoms with Gasteiger partial charge in [-0.25, -0.2) is 10.2 Å². The molecule has 1 amide bonds. The Labute approximate surface area is 207 Å². The van der Waals surface area contributed by atoms with Gasteiger partial charge in [0, 0.05) is 0 Å². The highest BCUT2D eigenvalue weighted by molar-refractivity contribution is 6.01. The van der Waals surface area contributed by atoms with Crippen LogP contribution in [0.5, 0.6) is 23.0 Å². The molecule has 0 atom stereocenters. The topological polar surface area (TPSA) is 106 Å². The van der Waals surface area contributed by atoms with Crippen molar-refractivity contribution >= 4 is 28.9 Å². The van der Waals surface area contributed by atoms with E-state index < -0.39 is 11.9 Å². The molecule has 0 fully saturated rings. The molecule has 36 heavy (non-hydrogen) atoms. The lowest BCUT2D eigenvalue weighted by Gasteiger charge is -2.11. The van der Waals surface area contributed by atoms with E-state index in [0.29, 0.717) is 29.2 Å². The van der Waals surface area contributed by atoms with Crippen LogP contribution in [-0.4, -0.2) is 36.9 Å². The molecule has 0 heterocycles. The average molecular weight is 485 g/mol. The van der Waals surface area contributed by atoms with Gasteiger partial charge in [0.1, 0.15) is 11.5 Å². The van der Waals surface area contributed by atoms with E-state index in [4.69, 9.17) is 14.2 Å². The molecule has 182 valence electrons. The minimum absolute atomic E-state index is 0.113. The number of benzene rings is 4. The number of rotatable bonds is 8. The Morgan fingerprint density at radius 1 is 0.944 bits per heavy atom. The summed E-state index contributed by atoms with van der Waals surface area (Å²) in [4.78, 5) is 25.1. The molecule has 8 heteroatoms. The summed E-state index contributed by atoms with van der Waals surface area (Å²) in [6.45, 7) is 2.16. The van der Waals surface area contributed by atoms with Crippen LogP contribution >= 0.6 is 0 Å². The Bertz CT molecular complexity index is 1430. The van der Waals surface area contributed by atoms with Gasteiger partial charge in [-0.2, -0.15) is 5.10 Å². The largest absolute Gasteiger partial charge is 0.507 e. The van der Waals surface area contributed by atoms with Crippen molar-refractivity contribution in [3.05, 3.63) is 95.6 Å². The van der Waals surface area contributed by atoms with E-state index in [1.54, 1.807) is 55.6 Å². The number of carbonyl (C=O) groups is 2. The molecule has 0 aliphatic heterocycles. The minimum Gasteiger partial charge on any atom is -0.507 e. The number of aromatic hydroxyl groups is 1. The Hall–Kier alpha value is -4.85. The van der Waals surface area contributed by atoms with Crippen molar-refractivity contribution in [3.63, 3.8) is 0 Å². The quantitative estimate of drug-likeness (QED) is 0.159. The Morgan fingerprint density at radius 2 is 1.67 bits per heavy atom. The monoisotopic (exact) mass is 484 g/mol. The molecule has 0 aliphatic rings. The van der Waals surface area contributed by atoms with Crippen LogP contribution in [0.25, 0.3) is 10.8 Å². The third kappa shape index (κ3) is 5.61. The fraction of sp³-hybridized carbons (Fsp3) is 0.107. The number of hydrogen-bond donors (Lipinski definition) is 2. The van der Waals surface area contributed by atoms with Gasteiger partial charge in [-0.1, -0.05) is 24.3 Å². The Balaban J connectivity index is 1.46. The maximum atomic E-state index is 12.5. The normalized spacial score (nSPS) is 10.8. The first-order chi connectivity index (χ1) is 17.5. The molecule has 0 radical (unpaired) electrons. The maximum absolute atomic E-state index is 12.5. The average Bonchev–Trinajstić information content (AvgIpc) is 2.89. The first kappa shape index (κ1) is 24.3.